The Balaban J connectivity index is 2.19. The molecule has 2 rings (SSSR count). The van der Waals surface area contributed by atoms with Gasteiger partial charge in [0.05, 0.1) is 0 Å². The average molecular weight is 268 g/mol. The molecule has 0 aliphatic carbocycles. The zero-order valence-corrected chi connectivity index (χ0v) is 12.2. The number of amides is 1. The first kappa shape index (κ1) is 14.1. The SMILES string of the molecule is CCNC(=O)c1ccc(-c2ccc(N(C)C)cc2)cc1. The van der Waals surface area contributed by atoms with Crippen LogP contribution in [0.15, 0.2) is 48.5 Å². The van der Waals surface area contributed by atoms with Crippen LogP contribution in [0.3, 0.4) is 0 Å². The highest BCUT2D eigenvalue weighted by Gasteiger charge is 2.04. The maximum absolute atomic E-state index is 11.7. The first-order valence-electron chi connectivity index (χ1n) is 6.78. The molecule has 0 saturated carbocycles. The summed E-state index contributed by atoms with van der Waals surface area (Å²) in [5, 5.41) is 2.80. The average Bonchev–Trinajstić information content (AvgIpc) is 2.48. The van der Waals surface area contributed by atoms with Crippen LogP contribution < -0.4 is 10.2 Å². The van der Waals surface area contributed by atoms with Crippen LogP contribution in [0.25, 0.3) is 11.1 Å². The molecular weight excluding hydrogens is 248 g/mol. The van der Waals surface area contributed by atoms with Gasteiger partial charge in [-0.15, -0.1) is 0 Å². The lowest BCUT2D eigenvalue weighted by atomic mass is 10.0. The number of nitrogens with one attached hydrogen (secondary N) is 1. The van der Waals surface area contributed by atoms with E-state index in [9.17, 15) is 4.79 Å². The van der Waals surface area contributed by atoms with Crippen LogP contribution in [0.4, 0.5) is 5.69 Å². The van der Waals surface area contributed by atoms with E-state index in [1.54, 1.807) is 0 Å². The minimum Gasteiger partial charge on any atom is -0.378 e. The highest BCUT2D eigenvalue weighted by molar-refractivity contribution is 5.94. The van der Waals surface area contributed by atoms with Crippen LogP contribution in [0.1, 0.15) is 17.3 Å². The van der Waals surface area contributed by atoms with Crippen molar-refractivity contribution in [1.82, 2.24) is 5.32 Å². The molecule has 1 N–H and O–H groups in total. The molecule has 2 aromatic rings. The van der Waals surface area contributed by atoms with E-state index in [0.717, 1.165) is 11.1 Å². The smallest absolute Gasteiger partial charge is 0.251 e. The summed E-state index contributed by atoms with van der Waals surface area (Å²) in [6.07, 6.45) is 0. The van der Waals surface area contributed by atoms with Gasteiger partial charge in [-0.1, -0.05) is 24.3 Å². The van der Waals surface area contributed by atoms with Gasteiger partial charge in [-0.25, -0.2) is 0 Å². The Labute approximate surface area is 120 Å². The van der Waals surface area contributed by atoms with Crippen LogP contribution in [0.5, 0.6) is 0 Å². The number of anilines is 1. The minimum absolute atomic E-state index is 0.0259. The summed E-state index contributed by atoms with van der Waals surface area (Å²) >= 11 is 0. The Morgan fingerprint density at radius 2 is 1.45 bits per heavy atom. The molecule has 0 aliphatic rings. The van der Waals surface area contributed by atoms with Crippen LogP contribution in [0.2, 0.25) is 0 Å². The van der Waals surface area contributed by atoms with Crippen LogP contribution >= 0.6 is 0 Å². The van der Waals surface area contributed by atoms with Gasteiger partial charge in [0.15, 0.2) is 0 Å². The normalized spacial score (nSPS) is 10.2. The number of nitrogens with zero attached hydrogens (tertiary/aromatic N) is 1. The Hall–Kier alpha value is -2.29. The third kappa shape index (κ3) is 3.18. The summed E-state index contributed by atoms with van der Waals surface area (Å²) in [4.78, 5) is 13.8. The molecule has 0 atom stereocenters. The maximum atomic E-state index is 11.7. The van der Waals surface area contributed by atoms with Gasteiger partial charge in [-0.2, -0.15) is 0 Å². The lowest BCUT2D eigenvalue weighted by Gasteiger charge is -2.12. The molecule has 0 saturated heterocycles. The predicted molar refractivity (Wildman–Crippen MR) is 84.2 cm³/mol. The van der Waals surface area contributed by atoms with E-state index in [1.165, 1.54) is 5.69 Å². The second kappa shape index (κ2) is 6.24. The summed E-state index contributed by atoms with van der Waals surface area (Å²) in [6, 6.07) is 16.1. The van der Waals surface area contributed by atoms with Crippen LogP contribution in [-0.2, 0) is 0 Å². The van der Waals surface area contributed by atoms with E-state index in [-0.39, 0.29) is 5.91 Å². The fourth-order valence-electron chi connectivity index (χ4n) is 2.03. The van der Waals surface area contributed by atoms with Crippen LogP contribution in [-0.4, -0.2) is 26.5 Å². The Morgan fingerprint density at radius 3 is 1.90 bits per heavy atom. The molecular formula is C17H20N2O. The number of carbonyl (C=O) groups excluding carboxylic acids is 1. The van der Waals surface area contributed by atoms with Gasteiger partial charge in [0.25, 0.3) is 5.91 Å². The summed E-state index contributed by atoms with van der Waals surface area (Å²) in [5.41, 5.74) is 4.13. The van der Waals surface area contributed by atoms with Crippen molar-refractivity contribution in [1.29, 1.82) is 0 Å². The Morgan fingerprint density at radius 1 is 0.950 bits per heavy atom. The van der Waals surface area contributed by atoms with Gasteiger partial charge in [-0.05, 0) is 42.3 Å². The molecule has 0 fully saturated rings. The fourth-order valence-corrected chi connectivity index (χ4v) is 2.03. The molecule has 2 aromatic carbocycles. The monoisotopic (exact) mass is 268 g/mol. The van der Waals surface area contributed by atoms with Crippen molar-refractivity contribution in [2.75, 3.05) is 25.5 Å². The molecule has 0 unspecified atom stereocenters. The number of hydrogen-bond donors (Lipinski definition) is 1. The van der Waals surface area contributed by atoms with Gasteiger partial charge in [0, 0.05) is 31.9 Å². The van der Waals surface area contributed by atoms with Gasteiger partial charge in [0.2, 0.25) is 0 Å². The van der Waals surface area contributed by atoms with Gasteiger partial charge in [-0.3, -0.25) is 4.79 Å². The zero-order valence-electron chi connectivity index (χ0n) is 12.2. The molecule has 0 spiro atoms. The van der Waals surface area contributed by atoms with E-state index in [0.29, 0.717) is 12.1 Å². The van der Waals surface area contributed by atoms with E-state index < -0.39 is 0 Å². The zero-order chi connectivity index (χ0) is 14.5. The molecule has 0 heterocycles. The van der Waals surface area contributed by atoms with Crippen LogP contribution in [0, 0.1) is 0 Å². The molecule has 104 valence electrons. The Bertz CT molecular complexity index is 571. The molecule has 0 aliphatic heterocycles. The van der Waals surface area contributed by atoms with Crippen molar-refractivity contribution in [3.05, 3.63) is 54.1 Å². The van der Waals surface area contributed by atoms with Crippen molar-refractivity contribution in [3.8, 4) is 11.1 Å². The van der Waals surface area contributed by atoms with Gasteiger partial charge in [0.1, 0.15) is 0 Å². The third-order valence-electron chi connectivity index (χ3n) is 3.20. The van der Waals surface area contributed by atoms with E-state index in [2.05, 4.69) is 34.5 Å². The molecule has 3 nitrogen and oxygen atoms in total. The quantitative estimate of drug-likeness (QED) is 0.923. The van der Waals surface area contributed by atoms with Crippen molar-refractivity contribution in [2.45, 2.75) is 6.92 Å². The summed E-state index contributed by atoms with van der Waals surface area (Å²) in [5.74, 6) is -0.0259. The van der Waals surface area contributed by atoms with E-state index in [4.69, 9.17) is 0 Å². The van der Waals surface area contributed by atoms with Gasteiger partial charge < -0.3 is 10.2 Å². The van der Waals surface area contributed by atoms with Crippen molar-refractivity contribution >= 4 is 11.6 Å². The molecule has 20 heavy (non-hydrogen) atoms. The molecule has 0 aromatic heterocycles. The lowest BCUT2D eigenvalue weighted by Crippen LogP contribution is -2.22. The highest BCUT2D eigenvalue weighted by Crippen LogP contribution is 2.22. The summed E-state index contributed by atoms with van der Waals surface area (Å²) in [7, 11) is 4.05. The lowest BCUT2D eigenvalue weighted by molar-refractivity contribution is 0.0956. The third-order valence-corrected chi connectivity index (χ3v) is 3.20. The fraction of sp³-hybridized carbons (Fsp3) is 0.235. The molecule has 0 bridgehead atoms. The highest BCUT2D eigenvalue weighted by atomic mass is 16.1. The van der Waals surface area contributed by atoms with E-state index >= 15 is 0 Å². The first-order chi connectivity index (χ1) is 9.61. The minimum atomic E-state index is -0.0259. The predicted octanol–water partition coefficient (Wildman–Crippen LogP) is 3.17. The molecule has 1 amide bonds. The largest absolute Gasteiger partial charge is 0.378 e. The molecule has 3 heteroatoms. The number of carbonyl (C=O) groups is 1. The summed E-state index contributed by atoms with van der Waals surface area (Å²) in [6.45, 7) is 2.56. The van der Waals surface area contributed by atoms with Gasteiger partial charge >= 0.3 is 0 Å². The molecule has 0 radical (unpaired) electrons. The van der Waals surface area contributed by atoms with E-state index in [1.807, 2.05) is 45.3 Å². The number of benzene rings is 2. The first-order valence-corrected chi connectivity index (χ1v) is 6.78. The van der Waals surface area contributed by atoms with Crippen molar-refractivity contribution in [3.63, 3.8) is 0 Å². The van der Waals surface area contributed by atoms with Crippen molar-refractivity contribution in [2.24, 2.45) is 0 Å². The second-order valence-electron chi connectivity index (χ2n) is 4.88. The number of hydrogen-bond acceptors (Lipinski definition) is 2. The van der Waals surface area contributed by atoms with Crippen molar-refractivity contribution < 1.29 is 4.79 Å². The number of rotatable bonds is 4. The maximum Gasteiger partial charge on any atom is 0.251 e. The standard InChI is InChI=1S/C17H20N2O/c1-4-18-17(20)15-7-5-13(6-8-15)14-9-11-16(12-10-14)19(2)3/h5-12H,4H2,1-3H3,(H,18,20). The topological polar surface area (TPSA) is 32.3 Å². The second-order valence-corrected chi connectivity index (χ2v) is 4.88. The Kier molecular flexibility index (Phi) is 4.41. The summed E-state index contributed by atoms with van der Waals surface area (Å²) < 4.78 is 0.